The van der Waals surface area contributed by atoms with E-state index < -0.39 is 12.3 Å². The Hall–Kier alpha value is -1.52. The lowest BCUT2D eigenvalue weighted by molar-refractivity contribution is -0.195. The molecule has 5 heteroatoms. The number of ether oxygens (including phenoxy) is 2. The van der Waals surface area contributed by atoms with Crippen LogP contribution in [0.4, 0.5) is 0 Å². The molecular formula is C11H17NO4. The number of nitrogens with one attached hydrogen (secondary N) is 1. The van der Waals surface area contributed by atoms with Crippen molar-refractivity contribution in [3.8, 4) is 0 Å². The van der Waals surface area contributed by atoms with Crippen molar-refractivity contribution in [2.45, 2.75) is 34.0 Å². The Labute approximate surface area is 94.8 Å². The Kier molecular flexibility index (Phi) is 3.57. The van der Waals surface area contributed by atoms with E-state index in [-0.39, 0.29) is 17.9 Å². The summed E-state index contributed by atoms with van der Waals surface area (Å²) in [4.78, 5) is 22.0. The molecule has 1 atom stereocenters. The predicted octanol–water partition coefficient (Wildman–Crippen LogP) is 0.952. The first-order valence-corrected chi connectivity index (χ1v) is 5.11. The lowest BCUT2D eigenvalue weighted by Crippen LogP contribution is -2.38. The number of hydrogen-bond donors (Lipinski definition) is 1. The summed E-state index contributed by atoms with van der Waals surface area (Å²) >= 11 is 0. The third kappa shape index (κ3) is 3.56. The molecule has 1 amide bonds. The number of rotatable bonds is 2. The van der Waals surface area contributed by atoms with E-state index in [4.69, 9.17) is 9.47 Å². The quantitative estimate of drug-likeness (QED) is 0.713. The molecule has 1 aliphatic heterocycles. The van der Waals surface area contributed by atoms with E-state index in [0.29, 0.717) is 5.76 Å². The maximum absolute atomic E-state index is 11.3. The van der Waals surface area contributed by atoms with Gasteiger partial charge in [-0.25, -0.2) is 4.79 Å². The number of carbonyl (C=O) groups excluding carboxylic acids is 2. The van der Waals surface area contributed by atoms with E-state index in [9.17, 15) is 9.59 Å². The molecule has 0 unspecified atom stereocenters. The fourth-order valence-corrected chi connectivity index (χ4v) is 1.12. The van der Waals surface area contributed by atoms with Crippen molar-refractivity contribution >= 4 is 11.9 Å². The fourth-order valence-electron chi connectivity index (χ4n) is 1.12. The number of hydrogen-bond acceptors (Lipinski definition) is 4. The molecule has 1 N–H and O–H groups in total. The van der Waals surface area contributed by atoms with E-state index in [2.05, 4.69) is 5.32 Å². The lowest BCUT2D eigenvalue weighted by Gasteiger charge is -2.33. The van der Waals surface area contributed by atoms with Crippen LogP contribution in [0.5, 0.6) is 0 Å². The highest BCUT2D eigenvalue weighted by molar-refractivity contribution is 5.83. The van der Waals surface area contributed by atoms with Gasteiger partial charge < -0.3 is 14.8 Å². The smallest absolute Gasteiger partial charge is 0.337 e. The molecule has 90 valence electrons. The Bertz CT molecular complexity index is 327. The van der Waals surface area contributed by atoms with Gasteiger partial charge in [-0.15, -0.1) is 0 Å². The lowest BCUT2D eigenvalue weighted by atomic mass is 9.95. The van der Waals surface area contributed by atoms with Crippen molar-refractivity contribution in [1.29, 1.82) is 0 Å². The summed E-state index contributed by atoms with van der Waals surface area (Å²) < 4.78 is 10.5. The second-order valence-corrected chi connectivity index (χ2v) is 4.77. The third-order valence-corrected chi connectivity index (χ3v) is 1.98. The molecule has 0 aromatic rings. The predicted molar refractivity (Wildman–Crippen MR) is 57.2 cm³/mol. The van der Waals surface area contributed by atoms with E-state index >= 15 is 0 Å². The highest BCUT2D eigenvalue weighted by atomic mass is 16.7. The van der Waals surface area contributed by atoms with Crippen molar-refractivity contribution in [1.82, 2.24) is 5.32 Å². The Morgan fingerprint density at radius 2 is 2.06 bits per heavy atom. The second kappa shape index (κ2) is 4.55. The van der Waals surface area contributed by atoms with Gasteiger partial charge in [-0.3, -0.25) is 4.79 Å². The molecule has 0 radical (unpaired) electrons. The van der Waals surface area contributed by atoms with Crippen LogP contribution in [-0.2, 0) is 19.1 Å². The van der Waals surface area contributed by atoms with E-state index in [1.165, 1.54) is 13.0 Å². The minimum absolute atomic E-state index is 0.171. The maximum Gasteiger partial charge on any atom is 0.337 e. The Morgan fingerprint density at radius 1 is 1.44 bits per heavy atom. The Morgan fingerprint density at radius 3 is 2.56 bits per heavy atom. The molecule has 0 bridgehead atoms. The maximum atomic E-state index is 11.3. The highest BCUT2D eigenvalue weighted by Crippen LogP contribution is 2.27. The van der Waals surface area contributed by atoms with Gasteiger partial charge in [-0.2, -0.15) is 0 Å². The second-order valence-electron chi connectivity index (χ2n) is 4.77. The molecule has 0 spiro atoms. The monoisotopic (exact) mass is 227 g/mol. The standard InChI is InChI=1S/C11H17NO4/c1-7(13)12-6-8-5-9(14)16-10(15-8)11(2,3)4/h5,10H,6H2,1-4H3,(H,12,13)/t10-/m1/s1. The van der Waals surface area contributed by atoms with Crippen molar-refractivity contribution in [2.75, 3.05) is 6.54 Å². The summed E-state index contributed by atoms with van der Waals surface area (Å²) in [5.74, 6) is -0.186. The molecule has 0 aromatic carbocycles. The topological polar surface area (TPSA) is 64.6 Å². The fraction of sp³-hybridized carbons (Fsp3) is 0.636. The van der Waals surface area contributed by atoms with Crippen LogP contribution in [0.1, 0.15) is 27.7 Å². The molecule has 0 saturated heterocycles. The molecule has 0 aromatic heterocycles. The van der Waals surface area contributed by atoms with Crippen molar-refractivity contribution in [3.63, 3.8) is 0 Å². The molecule has 0 fully saturated rings. The van der Waals surface area contributed by atoms with E-state index in [0.717, 1.165) is 0 Å². The Balaban J connectivity index is 2.65. The minimum Gasteiger partial charge on any atom is -0.456 e. The zero-order valence-electron chi connectivity index (χ0n) is 9.99. The summed E-state index contributed by atoms with van der Waals surface area (Å²) in [7, 11) is 0. The largest absolute Gasteiger partial charge is 0.456 e. The van der Waals surface area contributed by atoms with E-state index in [1.54, 1.807) is 0 Å². The van der Waals surface area contributed by atoms with Gasteiger partial charge in [-0.05, 0) is 0 Å². The van der Waals surface area contributed by atoms with Gasteiger partial charge in [0.15, 0.2) is 0 Å². The average molecular weight is 227 g/mol. The van der Waals surface area contributed by atoms with Crippen LogP contribution in [-0.4, -0.2) is 24.7 Å². The van der Waals surface area contributed by atoms with Gasteiger partial charge in [0.25, 0.3) is 0 Å². The average Bonchev–Trinajstić information content (AvgIpc) is 2.12. The third-order valence-electron chi connectivity index (χ3n) is 1.98. The SMILES string of the molecule is CC(=O)NCC1=CC(=O)O[C@H](C(C)(C)C)O1. The van der Waals surface area contributed by atoms with Gasteiger partial charge in [-0.1, -0.05) is 20.8 Å². The van der Waals surface area contributed by atoms with Crippen molar-refractivity contribution in [3.05, 3.63) is 11.8 Å². The zero-order valence-corrected chi connectivity index (χ0v) is 9.99. The van der Waals surface area contributed by atoms with Crippen molar-refractivity contribution < 1.29 is 19.1 Å². The van der Waals surface area contributed by atoms with Gasteiger partial charge in [0.2, 0.25) is 12.2 Å². The number of cyclic esters (lactones) is 1. The summed E-state index contributed by atoms with van der Waals surface area (Å²) in [6.07, 6.45) is 0.631. The van der Waals surface area contributed by atoms with Gasteiger partial charge in [0.05, 0.1) is 12.6 Å². The number of esters is 1. The van der Waals surface area contributed by atoms with Gasteiger partial charge in [0, 0.05) is 12.3 Å². The first-order chi connectivity index (χ1) is 7.29. The zero-order chi connectivity index (χ0) is 12.3. The summed E-state index contributed by atoms with van der Waals surface area (Å²) in [6, 6.07) is 0. The van der Waals surface area contributed by atoms with Crippen LogP contribution in [0.3, 0.4) is 0 Å². The van der Waals surface area contributed by atoms with Crippen molar-refractivity contribution in [2.24, 2.45) is 5.41 Å². The van der Waals surface area contributed by atoms with Gasteiger partial charge >= 0.3 is 5.97 Å². The molecule has 16 heavy (non-hydrogen) atoms. The van der Waals surface area contributed by atoms with Crippen LogP contribution < -0.4 is 5.32 Å². The molecule has 5 nitrogen and oxygen atoms in total. The van der Waals surface area contributed by atoms with Crippen LogP contribution >= 0.6 is 0 Å². The molecule has 1 heterocycles. The first kappa shape index (κ1) is 12.5. The van der Waals surface area contributed by atoms with Crippen LogP contribution in [0.2, 0.25) is 0 Å². The molecular weight excluding hydrogens is 210 g/mol. The molecule has 1 rings (SSSR count). The summed E-state index contributed by atoms with van der Waals surface area (Å²) in [5, 5.41) is 2.57. The van der Waals surface area contributed by atoms with Crippen LogP contribution in [0, 0.1) is 5.41 Å². The molecule has 1 aliphatic rings. The summed E-state index contributed by atoms with van der Waals surface area (Å²) in [5.41, 5.74) is -0.300. The molecule has 0 aliphatic carbocycles. The van der Waals surface area contributed by atoms with Crippen LogP contribution in [0.15, 0.2) is 11.8 Å². The number of amides is 1. The first-order valence-electron chi connectivity index (χ1n) is 5.11. The van der Waals surface area contributed by atoms with Gasteiger partial charge in [0.1, 0.15) is 5.76 Å². The normalized spacial score (nSPS) is 20.6. The highest BCUT2D eigenvalue weighted by Gasteiger charge is 2.33. The molecule has 0 saturated carbocycles. The summed E-state index contributed by atoms with van der Waals surface area (Å²) in [6.45, 7) is 7.34. The minimum atomic E-state index is -0.617. The van der Waals surface area contributed by atoms with E-state index in [1.807, 2.05) is 20.8 Å². The van der Waals surface area contributed by atoms with Crippen LogP contribution in [0.25, 0.3) is 0 Å². The number of carbonyl (C=O) groups is 2.